The second kappa shape index (κ2) is 5.37. The predicted octanol–water partition coefficient (Wildman–Crippen LogP) is 2.29. The van der Waals surface area contributed by atoms with Gasteiger partial charge in [-0.2, -0.15) is 5.10 Å². The number of rotatable bonds is 2. The van der Waals surface area contributed by atoms with Gasteiger partial charge in [0.15, 0.2) is 5.69 Å². The maximum Gasteiger partial charge on any atom is 0.274 e. The van der Waals surface area contributed by atoms with Crippen molar-refractivity contribution in [1.29, 1.82) is 0 Å². The molecule has 1 saturated heterocycles. The van der Waals surface area contributed by atoms with E-state index < -0.39 is 0 Å². The summed E-state index contributed by atoms with van der Waals surface area (Å²) in [6.07, 6.45) is 2.45. The summed E-state index contributed by atoms with van der Waals surface area (Å²) in [7, 11) is 2.11. The number of nitrogens with zero attached hydrogens (tertiary/aromatic N) is 4. The molecule has 22 heavy (non-hydrogen) atoms. The first-order chi connectivity index (χ1) is 10.3. The quantitative estimate of drug-likeness (QED) is 0.842. The third-order valence-electron chi connectivity index (χ3n) is 4.68. The van der Waals surface area contributed by atoms with Crippen LogP contribution in [-0.4, -0.2) is 58.2 Å². The van der Waals surface area contributed by atoms with Crippen molar-refractivity contribution in [2.24, 2.45) is 0 Å². The number of aromatic nitrogens is 2. The lowest BCUT2D eigenvalue weighted by molar-refractivity contribution is 0.0526. The third-order valence-corrected chi connectivity index (χ3v) is 4.68. The monoisotopic (exact) mass is 304 g/mol. The Morgan fingerprint density at radius 2 is 1.95 bits per heavy atom. The molecule has 1 saturated carbocycles. The molecule has 1 aromatic heterocycles. The van der Waals surface area contributed by atoms with Crippen LogP contribution in [0.1, 0.15) is 62.6 Å². The van der Waals surface area contributed by atoms with E-state index in [-0.39, 0.29) is 17.5 Å². The molecule has 0 bridgehead atoms. The lowest BCUT2D eigenvalue weighted by atomic mass is 10.1. The molecule has 0 radical (unpaired) electrons. The molecule has 5 nitrogen and oxygen atoms in total. The largest absolute Gasteiger partial charge is 0.332 e. The van der Waals surface area contributed by atoms with Crippen molar-refractivity contribution < 1.29 is 4.79 Å². The summed E-state index contributed by atoms with van der Waals surface area (Å²) >= 11 is 0. The molecular formula is C17H28N4O. The molecule has 3 rings (SSSR count). The third kappa shape index (κ3) is 2.91. The molecule has 122 valence electrons. The number of carbonyl (C=O) groups is 1. The lowest BCUT2D eigenvalue weighted by Gasteiger charge is -2.37. The van der Waals surface area contributed by atoms with E-state index in [0.717, 1.165) is 19.6 Å². The standard InChI is InChI=1S/C17H28N4O/c1-12-11-19(5)8-9-20(12)16(22)14-10-15(13-6-7-13)21(18-14)17(2,3)4/h10,12-13H,6-9,11H2,1-5H3. The zero-order chi connectivity index (χ0) is 16.1. The van der Waals surface area contributed by atoms with E-state index in [1.165, 1.54) is 18.5 Å². The predicted molar refractivity (Wildman–Crippen MR) is 87.2 cm³/mol. The van der Waals surface area contributed by atoms with Crippen LogP contribution in [0.2, 0.25) is 0 Å². The molecule has 2 heterocycles. The average molecular weight is 304 g/mol. The molecule has 1 atom stereocenters. The SMILES string of the molecule is CC1CN(C)CCN1C(=O)c1cc(C2CC2)n(C(C)(C)C)n1. The van der Waals surface area contributed by atoms with Crippen LogP contribution in [0.25, 0.3) is 0 Å². The molecule has 1 aliphatic carbocycles. The summed E-state index contributed by atoms with van der Waals surface area (Å²) in [4.78, 5) is 17.1. The van der Waals surface area contributed by atoms with Gasteiger partial charge >= 0.3 is 0 Å². The molecule has 0 N–H and O–H groups in total. The molecule has 1 aliphatic heterocycles. The molecule has 2 aliphatic rings. The number of hydrogen-bond donors (Lipinski definition) is 0. The molecule has 2 fully saturated rings. The second-order valence-corrected chi connectivity index (χ2v) is 7.92. The number of piperazine rings is 1. The van der Waals surface area contributed by atoms with Gasteiger partial charge in [0, 0.05) is 37.3 Å². The molecule has 1 amide bonds. The Hall–Kier alpha value is -1.36. The Morgan fingerprint density at radius 1 is 1.27 bits per heavy atom. The van der Waals surface area contributed by atoms with Crippen molar-refractivity contribution in [2.75, 3.05) is 26.7 Å². The summed E-state index contributed by atoms with van der Waals surface area (Å²) in [6, 6.07) is 2.28. The van der Waals surface area contributed by atoms with Gasteiger partial charge in [-0.05, 0) is 53.7 Å². The van der Waals surface area contributed by atoms with Crippen LogP contribution in [0, 0.1) is 0 Å². The first-order valence-electron chi connectivity index (χ1n) is 8.37. The van der Waals surface area contributed by atoms with Crippen molar-refractivity contribution >= 4 is 5.91 Å². The first-order valence-corrected chi connectivity index (χ1v) is 8.37. The van der Waals surface area contributed by atoms with E-state index in [0.29, 0.717) is 11.6 Å². The normalized spacial score (nSPS) is 23.9. The van der Waals surface area contributed by atoms with Gasteiger partial charge in [-0.3, -0.25) is 9.48 Å². The van der Waals surface area contributed by atoms with Gasteiger partial charge in [-0.15, -0.1) is 0 Å². The molecule has 0 aromatic carbocycles. The summed E-state index contributed by atoms with van der Waals surface area (Å²) in [5, 5.41) is 4.68. The summed E-state index contributed by atoms with van der Waals surface area (Å²) < 4.78 is 2.07. The summed E-state index contributed by atoms with van der Waals surface area (Å²) in [5.41, 5.74) is 1.77. The van der Waals surface area contributed by atoms with Gasteiger partial charge in [0.25, 0.3) is 5.91 Å². The van der Waals surface area contributed by atoms with Gasteiger partial charge in [-0.1, -0.05) is 0 Å². The van der Waals surface area contributed by atoms with Crippen LogP contribution >= 0.6 is 0 Å². The minimum absolute atomic E-state index is 0.0792. The van der Waals surface area contributed by atoms with Gasteiger partial charge in [0.1, 0.15) is 0 Å². The molecule has 0 spiro atoms. The van der Waals surface area contributed by atoms with Crippen LogP contribution in [0.4, 0.5) is 0 Å². The van der Waals surface area contributed by atoms with E-state index in [4.69, 9.17) is 0 Å². The Balaban J connectivity index is 1.87. The van der Waals surface area contributed by atoms with Crippen LogP contribution in [0.15, 0.2) is 6.07 Å². The number of amides is 1. The maximum atomic E-state index is 12.9. The van der Waals surface area contributed by atoms with Gasteiger partial charge in [0.05, 0.1) is 5.54 Å². The topological polar surface area (TPSA) is 41.4 Å². The van der Waals surface area contributed by atoms with Crippen LogP contribution < -0.4 is 0 Å². The highest BCUT2D eigenvalue weighted by molar-refractivity contribution is 5.92. The van der Waals surface area contributed by atoms with Crippen molar-refractivity contribution in [2.45, 2.75) is 58.0 Å². The van der Waals surface area contributed by atoms with E-state index >= 15 is 0 Å². The van der Waals surface area contributed by atoms with Crippen molar-refractivity contribution in [3.63, 3.8) is 0 Å². The van der Waals surface area contributed by atoms with E-state index in [1.54, 1.807) is 0 Å². The Kier molecular flexibility index (Phi) is 3.79. The highest BCUT2D eigenvalue weighted by atomic mass is 16.2. The van der Waals surface area contributed by atoms with Gasteiger partial charge in [0.2, 0.25) is 0 Å². The Labute approximate surface area is 133 Å². The van der Waals surface area contributed by atoms with Gasteiger partial charge in [-0.25, -0.2) is 0 Å². The molecular weight excluding hydrogens is 276 g/mol. The first kappa shape index (κ1) is 15.5. The Bertz CT molecular complexity index is 568. The zero-order valence-electron chi connectivity index (χ0n) is 14.5. The minimum Gasteiger partial charge on any atom is -0.332 e. The number of carbonyl (C=O) groups excluding carboxylic acids is 1. The van der Waals surface area contributed by atoms with E-state index in [9.17, 15) is 4.79 Å². The second-order valence-electron chi connectivity index (χ2n) is 7.92. The van der Waals surface area contributed by atoms with E-state index in [2.05, 4.69) is 49.4 Å². The fourth-order valence-corrected chi connectivity index (χ4v) is 3.30. The van der Waals surface area contributed by atoms with Crippen LogP contribution in [0.3, 0.4) is 0 Å². The fraction of sp³-hybridized carbons (Fsp3) is 0.765. The number of likely N-dealkylation sites (N-methyl/N-ethyl adjacent to an activating group) is 1. The van der Waals surface area contributed by atoms with Gasteiger partial charge < -0.3 is 9.80 Å². The highest BCUT2D eigenvalue weighted by Crippen LogP contribution is 2.41. The zero-order valence-corrected chi connectivity index (χ0v) is 14.5. The molecule has 1 aromatic rings. The molecule has 5 heteroatoms. The van der Waals surface area contributed by atoms with Crippen LogP contribution in [-0.2, 0) is 5.54 Å². The minimum atomic E-state index is -0.0792. The average Bonchev–Trinajstić information content (AvgIpc) is 3.15. The summed E-state index contributed by atoms with van der Waals surface area (Å²) in [6.45, 7) is 11.2. The highest BCUT2D eigenvalue weighted by Gasteiger charge is 2.34. The van der Waals surface area contributed by atoms with Crippen molar-refractivity contribution in [3.05, 3.63) is 17.5 Å². The van der Waals surface area contributed by atoms with Crippen LogP contribution in [0.5, 0.6) is 0 Å². The van der Waals surface area contributed by atoms with E-state index in [1.807, 2.05) is 11.0 Å². The fourth-order valence-electron chi connectivity index (χ4n) is 3.30. The Morgan fingerprint density at radius 3 is 2.50 bits per heavy atom. The lowest BCUT2D eigenvalue weighted by Crippen LogP contribution is -2.52. The molecule has 1 unspecified atom stereocenters. The number of hydrogen-bond acceptors (Lipinski definition) is 3. The van der Waals surface area contributed by atoms with Crippen molar-refractivity contribution in [3.8, 4) is 0 Å². The smallest absolute Gasteiger partial charge is 0.274 e. The maximum absolute atomic E-state index is 12.9. The van der Waals surface area contributed by atoms with Crippen molar-refractivity contribution in [1.82, 2.24) is 19.6 Å². The summed E-state index contributed by atoms with van der Waals surface area (Å²) in [5.74, 6) is 0.684.